The van der Waals surface area contributed by atoms with Crippen LogP contribution in [-0.4, -0.2) is 18.1 Å². The third-order valence-corrected chi connectivity index (χ3v) is 3.16. The molecular formula is C15H22N2O2. The van der Waals surface area contributed by atoms with Crippen molar-refractivity contribution in [2.24, 2.45) is 0 Å². The molecule has 2 rings (SSSR count). The zero-order chi connectivity index (χ0) is 14.0. The van der Waals surface area contributed by atoms with Crippen LogP contribution in [0.5, 0.6) is 5.75 Å². The first-order valence-electron chi connectivity index (χ1n) is 6.71. The van der Waals surface area contributed by atoms with Crippen LogP contribution >= 0.6 is 0 Å². The van der Waals surface area contributed by atoms with Crippen LogP contribution in [0.15, 0.2) is 18.2 Å². The van der Waals surface area contributed by atoms with Gasteiger partial charge in [-0.2, -0.15) is 0 Å². The van der Waals surface area contributed by atoms with Gasteiger partial charge >= 0.3 is 0 Å². The van der Waals surface area contributed by atoms with Crippen molar-refractivity contribution in [3.05, 3.63) is 29.3 Å². The molecule has 0 saturated heterocycles. The minimum Gasteiger partial charge on any atom is -0.493 e. The number of nitrogens with one attached hydrogen (secondary N) is 2. The molecule has 19 heavy (non-hydrogen) atoms. The molecule has 1 aromatic carbocycles. The lowest BCUT2D eigenvalue weighted by Crippen LogP contribution is -2.48. The van der Waals surface area contributed by atoms with Gasteiger partial charge in [-0.3, -0.25) is 10.2 Å². The third-order valence-electron chi connectivity index (χ3n) is 3.16. The number of amides is 1. The highest BCUT2D eigenvalue weighted by atomic mass is 16.5. The number of fused-ring (bicyclic) bond motifs is 1. The van der Waals surface area contributed by atoms with E-state index in [9.17, 15) is 4.79 Å². The van der Waals surface area contributed by atoms with Gasteiger partial charge in [0.05, 0.1) is 6.61 Å². The quantitative estimate of drug-likeness (QED) is 0.805. The maximum Gasteiger partial charge on any atom is 0.265 e. The second-order valence-corrected chi connectivity index (χ2v) is 6.12. The molecule has 2 N–H and O–H groups in total. The summed E-state index contributed by atoms with van der Waals surface area (Å²) in [6.07, 6.45) is 0.998. The number of rotatable bonds is 2. The first-order chi connectivity index (χ1) is 8.87. The van der Waals surface area contributed by atoms with E-state index in [1.807, 2.05) is 32.9 Å². The van der Waals surface area contributed by atoms with E-state index in [0.29, 0.717) is 11.5 Å². The van der Waals surface area contributed by atoms with Gasteiger partial charge in [0.25, 0.3) is 5.91 Å². The van der Waals surface area contributed by atoms with Crippen molar-refractivity contribution in [3.63, 3.8) is 0 Å². The topological polar surface area (TPSA) is 50.4 Å². The average molecular weight is 262 g/mol. The second kappa shape index (κ2) is 5.21. The van der Waals surface area contributed by atoms with Crippen molar-refractivity contribution >= 4 is 5.91 Å². The summed E-state index contributed by atoms with van der Waals surface area (Å²) in [4.78, 5) is 12.1. The summed E-state index contributed by atoms with van der Waals surface area (Å²) in [5.74, 6) is 1.22. The third kappa shape index (κ3) is 3.47. The molecule has 0 aliphatic carbocycles. The highest BCUT2D eigenvalue weighted by Gasteiger charge is 2.20. The summed E-state index contributed by atoms with van der Waals surface area (Å²) in [7, 11) is 0. The number of carbonyl (C=O) groups is 1. The molecule has 0 fully saturated rings. The molecule has 4 nitrogen and oxygen atoms in total. The molecule has 1 heterocycles. The van der Waals surface area contributed by atoms with E-state index in [4.69, 9.17) is 4.74 Å². The van der Waals surface area contributed by atoms with Crippen LogP contribution < -0.4 is 15.6 Å². The Morgan fingerprint density at radius 2 is 2.11 bits per heavy atom. The molecular weight excluding hydrogens is 240 g/mol. The summed E-state index contributed by atoms with van der Waals surface area (Å²) in [6, 6.07) is 5.62. The zero-order valence-corrected chi connectivity index (χ0v) is 12.0. The van der Waals surface area contributed by atoms with Gasteiger partial charge in [0.15, 0.2) is 0 Å². The van der Waals surface area contributed by atoms with Gasteiger partial charge in [-0.25, -0.2) is 5.43 Å². The molecule has 4 heteroatoms. The van der Waals surface area contributed by atoms with Gasteiger partial charge in [-0.05, 0) is 56.9 Å². The number of hydrazine groups is 1. The average Bonchev–Trinajstić information content (AvgIpc) is 2.35. The largest absolute Gasteiger partial charge is 0.493 e. The van der Waals surface area contributed by atoms with Crippen LogP contribution in [0.3, 0.4) is 0 Å². The highest BCUT2D eigenvalue weighted by Crippen LogP contribution is 2.33. The first kappa shape index (κ1) is 13.9. The summed E-state index contributed by atoms with van der Waals surface area (Å²) in [5, 5.41) is 0. The standard InChI is InChI=1S/C15H22N2O2/c1-10-7-8-19-13-6-5-11(9-12(10)13)14(18)16-17-15(2,3)4/h5-6,9-10,17H,7-8H2,1-4H3,(H,16,18). The fourth-order valence-electron chi connectivity index (χ4n) is 2.02. The van der Waals surface area contributed by atoms with Gasteiger partial charge in [0.1, 0.15) is 5.75 Å². The Balaban J connectivity index is 2.13. The summed E-state index contributed by atoms with van der Waals surface area (Å²) >= 11 is 0. The summed E-state index contributed by atoms with van der Waals surface area (Å²) < 4.78 is 5.60. The Morgan fingerprint density at radius 1 is 1.37 bits per heavy atom. The summed E-state index contributed by atoms with van der Waals surface area (Å²) in [6.45, 7) is 8.91. The molecule has 0 bridgehead atoms. The molecule has 1 amide bonds. The van der Waals surface area contributed by atoms with E-state index in [1.165, 1.54) is 0 Å². The molecule has 1 aliphatic heterocycles. The SMILES string of the molecule is CC1CCOc2ccc(C(=O)NNC(C)(C)C)cc21. The van der Waals surface area contributed by atoms with Crippen LogP contribution in [0.2, 0.25) is 0 Å². The van der Waals surface area contributed by atoms with Gasteiger partial charge in [-0.1, -0.05) is 6.92 Å². The fraction of sp³-hybridized carbons (Fsp3) is 0.533. The minimum atomic E-state index is -0.153. The van der Waals surface area contributed by atoms with Crippen molar-refractivity contribution in [1.29, 1.82) is 0 Å². The van der Waals surface area contributed by atoms with Gasteiger partial charge in [0.2, 0.25) is 0 Å². The van der Waals surface area contributed by atoms with Gasteiger partial charge < -0.3 is 4.74 Å². The van der Waals surface area contributed by atoms with Crippen molar-refractivity contribution in [3.8, 4) is 5.75 Å². The lowest BCUT2D eigenvalue weighted by Gasteiger charge is -2.24. The Bertz CT molecular complexity index is 478. The number of hydrogen-bond acceptors (Lipinski definition) is 3. The Morgan fingerprint density at radius 3 is 2.79 bits per heavy atom. The molecule has 1 aromatic rings. The predicted octanol–water partition coefficient (Wildman–Crippen LogP) is 2.61. The van der Waals surface area contributed by atoms with Crippen molar-refractivity contribution in [2.45, 2.75) is 45.6 Å². The number of benzene rings is 1. The number of hydrogen-bond donors (Lipinski definition) is 2. The first-order valence-corrected chi connectivity index (χ1v) is 6.71. The van der Waals surface area contributed by atoms with Gasteiger partial charge in [0, 0.05) is 11.1 Å². The Labute approximate surface area is 114 Å². The van der Waals surface area contributed by atoms with E-state index in [2.05, 4.69) is 17.8 Å². The summed E-state index contributed by atoms with van der Waals surface area (Å²) in [5.41, 5.74) is 7.34. The zero-order valence-electron chi connectivity index (χ0n) is 12.0. The van der Waals surface area contributed by atoms with Gasteiger partial charge in [-0.15, -0.1) is 0 Å². The molecule has 0 spiro atoms. The fourth-order valence-corrected chi connectivity index (χ4v) is 2.02. The van der Waals surface area contributed by atoms with Crippen LogP contribution in [0, 0.1) is 0 Å². The van der Waals surface area contributed by atoms with E-state index in [1.54, 1.807) is 6.07 Å². The van der Waals surface area contributed by atoms with Crippen LogP contribution in [0.25, 0.3) is 0 Å². The van der Waals surface area contributed by atoms with Crippen LogP contribution in [0.4, 0.5) is 0 Å². The number of ether oxygens (including phenoxy) is 1. The molecule has 104 valence electrons. The van der Waals surface area contributed by atoms with Crippen molar-refractivity contribution < 1.29 is 9.53 Å². The van der Waals surface area contributed by atoms with Crippen LogP contribution in [0.1, 0.15) is 56.0 Å². The van der Waals surface area contributed by atoms with Crippen LogP contribution in [-0.2, 0) is 0 Å². The van der Waals surface area contributed by atoms with Crippen molar-refractivity contribution in [1.82, 2.24) is 10.9 Å². The van der Waals surface area contributed by atoms with E-state index in [-0.39, 0.29) is 11.4 Å². The monoisotopic (exact) mass is 262 g/mol. The molecule has 1 aliphatic rings. The highest BCUT2D eigenvalue weighted by molar-refractivity contribution is 5.94. The lowest BCUT2D eigenvalue weighted by atomic mass is 9.93. The Kier molecular flexibility index (Phi) is 3.80. The molecule has 1 unspecified atom stereocenters. The normalized spacial score (nSPS) is 18.4. The van der Waals surface area contributed by atoms with Crippen molar-refractivity contribution in [2.75, 3.05) is 6.61 Å². The molecule has 1 atom stereocenters. The lowest BCUT2D eigenvalue weighted by molar-refractivity contribution is 0.0914. The van der Waals surface area contributed by atoms with E-state index < -0.39 is 0 Å². The van der Waals surface area contributed by atoms with E-state index in [0.717, 1.165) is 24.3 Å². The minimum absolute atomic E-state index is 0.115. The smallest absolute Gasteiger partial charge is 0.265 e. The number of carbonyl (C=O) groups excluding carboxylic acids is 1. The Hall–Kier alpha value is -1.55. The molecule has 0 saturated carbocycles. The molecule has 0 aromatic heterocycles. The second-order valence-electron chi connectivity index (χ2n) is 6.12. The van der Waals surface area contributed by atoms with E-state index >= 15 is 0 Å². The maximum atomic E-state index is 12.1. The predicted molar refractivity (Wildman–Crippen MR) is 75.3 cm³/mol. The molecule has 0 radical (unpaired) electrons. The maximum absolute atomic E-state index is 12.1.